The molecule has 0 saturated heterocycles. The number of fused-ring (bicyclic) bond motifs is 1. The van der Waals surface area contributed by atoms with E-state index in [-0.39, 0.29) is 12.5 Å². The second kappa shape index (κ2) is 8.48. The molecule has 146 valence electrons. The third kappa shape index (κ3) is 4.38. The van der Waals surface area contributed by atoms with Crippen LogP contribution in [0, 0.1) is 0 Å². The van der Waals surface area contributed by atoms with Crippen molar-refractivity contribution in [2.24, 2.45) is 0 Å². The highest BCUT2D eigenvalue weighted by molar-refractivity contribution is 6.07. The minimum atomic E-state index is -0.220. The van der Waals surface area contributed by atoms with Crippen molar-refractivity contribution in [2.45, 2.75) is 6.61 Å². The van der Waals surface area contributed by atoms with E-state index in [0.717, 1.165) is 16.9 Å². The van der Waals surface area contributed by atoms with Gasteiger partial charge >= 0.3 is 0 Å². The van der Waals surface area contributed by atoms with Crippen LogP contribution in [0.1, 0.15) is 11.1 Å². The topological polar surface area (TPSA) is 69.7 Å². The lowest BCUT2D eigenvalue weighted by Gasteiger charge is -2.18. The molecule has 1 aliphatic rings. The zero-order valence-electron chi connectivity index (χ0n) is 15.9. The average molecular weight is 388 g/mol. The summed E-state index contributed by atoms with van der Waals surface area (Å²) in [6, 6.07) is 16.7. The quantitative estimate of drug-likeness (QED) is 0.689. The van der Waals surface area contributed by atoms with Crippen LogP contribution in [0.15, 0.2) is 72.6 Å². The Bertz CT molecular complexity index is 1050. The predicted octanol–water partition coefficient (Wildman–Crippen LogP) is 4.08. The van der Waals surface area contributed by atoms with Gasteiger partial charge in [-0.05, 0) is 30.3 Å². The minimum absolute atomic E-state index is 0.220. The highest BCUT2D eigenvalue weighted by Crippen LogP contribution is 2.32. The molecular formula is C23H20N2O4. The lowest BCUT2D eigenvalue weighted by Crippen LogP contribution is -2.21. The summed E-state index contributed by atoms with van der Waals surface area (Å²) in [5.74, 6) is 1.68. The van der Waals surface area contributed by atoms with Crippen LogP contribution in [-0.4, -0.2) is 24.6 Å². The van der Waals surface area contributed by atoms with E-state index >= 15 is 0 Å². The van der Waals surface area contributed by atoms with E-state index in [2.05, 4.69) is 10.3 Å². The zero-order chi connectivity index (χ0) is 20.1. The lowest BCUT2D eigenvalue weighted by atomic mass is 10.1. The Morgan fingerprint density at radius 2 is 2.03 bits per heavy atom. The fraction of sp³-hybridized carbons (Fsp3) is 0.130. The van der Waals surface area contributed by atoms with Gasteiger partial charge in [-0.1, -0.05) is 24.3 Å². The van der Waals surface area contributed by atoms with Gasteiger partial charge in [0.2, 0.25) is 0 Å². The Morgan fingerprint density at radius 1 is 1.14 bits per heavy atom. The monoisotopic (exact) mass is 388 g/mol. The summed E-state index contributed by atoms with van der Waals surface area (Å²) in [5, 5.41) is 2.90. The number of ether oxygens (including phenoxy) is 3. The molecule has 0 unspecified atom stereocenters. The van der Waals surface area contributed by atoms with Gasteiger partial charge in [0.05, 0.1) is 12.7 Å². The first-order chi connectivity index (χ1) is 14.2. The third-order valence-electron chi connectivity index (χ3n) is 4.46. The molecule has 4 rings (SSSR count). The summed E-state index contributed by atoms with van der Waals surface area (Å²) in [4.78, 5) is 16.8. The largest absolute Gasteiger partial charge is 0.493 e. The third-order valence-corrected chi connectivity index (χ3v) is 4.46. The number of methoxy groups -OCH3 is 1. The number of para-hydroxylation sites is 1. The number of benzene rings is 2. The Hall–Kier alpha value is -3.80. The van der Waals surface area contributed by atoms with Gasteiger partial charge in [-0.15, -0.1) is 0 Å². The van der Waals surface area contributed by atoms with Crippen molar-refractivity contribution in [3.63, 3.8) is 0 Å². The summed E-state index contributed by atoms with van der Waals surface area (Å²) < 4.78 is 16.9. The molecule has 1 aliphatic heterocycles. The molecule has 0 saturated carbocycles. The normalized spacial score (nSPS) is 12.2. The van der Waals surface area contributed by atoms with Gasteiger partial charge in [-0.3, -0.25) is 9.78 Å². The van der Waals surface area contributed by atoms with Gasteiger partial charge in [0.1, 0.15) is 19.0 Å². The van der Waals surface area contributed by atoms with Gasteiger partial charge in [-0.2, -0.15) is 0 Å². The number of pyridine rings is 1. The number of carbonyl (C=O) groups is 1. The van der Waals surface area contributed by atoms with Gasteiger partial charge in [-0.25, -0.2) is 0 Å². The SMILES string of the molecule is COc1ccc(NC(=O)C2=Cc3ccccc3OC2)cc1OCc1cccnc1. The Labute approximate surface area is 168 Å². The molecule has 0 spiro atoms. The zero-order valence-corrected chi connectivity index (χ0v) is 15.9. The Morgan fingerprint density at radius 3 is 2.86 bits per heavy atom. The highest BCUT2D eigenvalue weighted by Gasteiger charge is 2.17. The van der Waals surface area contributed by atoms with E-state index in [1.807, 2.05) is 42.5 Å². The van der Waals surface area contributed by atoms with Gasteiger partial charge in [0, 0.05) is 35.3 Å². The van der Waals surface area contributed by atoms with E-state index in [1.165, 1.54) is 0 Å². The molecule has 1 amide bonds. The van der Waals surface area contributed by atoms with Crippen LogP contribution in [0.5, 0.6) is 17.2 Å². The van der Waals surface area contributed by atoms with Crippen molar-refractivity contribution in [1.29, 1.82) is 0 Å². The molecule has 0 aliphatic carbocycles. The Kier molecular flexibility index (Phi) is 5.42. The fourth-order valence-electron chi connectivity index (χ4n) is 2.97. The average Bonchev–Trinajstić information content (AvgIpc) is 2.78. The smallest absolute Gasteiger partial charge is 0.255 e. The first-order valence-corrected chi connectivity index (χ1v) is 9.16. The van der Waals surface area contributed by atoms with E-state index in [1.54, 1.807) is 37.7 Å². The van der Waals surface area contributed by atoms with Gasteiger partial charge < -0.3 is 19.5 Å². The van der Waals surface area contributed by atoms with Crippen LogP contribution < -0.4 is 19.5 Å². The molecule has 1 N–H and O–H groups in total. The van der Waals surface area contributed by atoms with Crippen LogP contribution in [0.4, 0.5) is 5.69 Å². The van der Waals surface area contributed by atoms with Crippen molar-refractivity contribution >= 4 is 17.7 Å². The molecule has 0 atom stereocenters. The van der Waals surface area contributed by atoms with Crippen LogP contribution >= 0.6 is 0 Å². The number of hydrogen-bond donors (Lipinski definition) is 1. The number of hydrogen-bond acceptors (Lipinski definition) is 5. The number of amides is 1. The van der Waals surface area contributed by atoms with Crippen molar-refractivity contribution in [1.82, 2.24) is 4.98 Å². The number of nitrogens with one attached hydrogen (secondary N) is 1. The maximum Gasteiger partial charge on any atom is 0.255 e. The molecule has 6 heteroatoms. The number of aromatic nitrogens is 1. The minimum Gasteiger partial charge on any atom is -0.493 e. The Balaban J connectivity index is 1.49. The van der Waals surface area contributed by atoms with Crippen molar-refractivity contribution in [2.75, 3.05) is 19.0 Å². The van der Waals surface area contributed by atoms with Crippen LogP contribution in [0.25, 0.3) is 6.08 Å². The molecule has 0 bridgehead atoms. The molecular weight excluding hydrogens is 368 g/mol. The lowest BCUT2D eigenvalue weighted by molar-refractivity contribution is -0.113. The molecule has 0 radical (unpaired) electrons. The molecule has 0 fully saturated rings. The molecule has 1 aromatic heterocycles. The first kappa shape index (κ1) is 18.6. The summed E-state index contributed by atoms with van der Waals surface area (Å²) in [5.41, 5.74) is 2.99. The van der Waals surface area contributed by atoms with E-state index in [9.17, 15) is 4.79 Å². The molecule has 2 heterocycles. The molecule has 2 aromatic carbocycles. The standard InChI is InChI=1S/C23H20N2O4/c1-27-21-9-8-19(12-22(21)28-14-16-5-4-10-24-13-16)25-23(26)18-11-17-6-2-3-7-20(17)29-15-18/h2-13H,14-15H2,1H3,(H,25,26). The van der Waals surface area contributed by atoms with Gasteiger partial charge in [0.25, 0.3) is 5.91 Å². The van der Waals surface area contributed by atoms with E-state index < -0.39 is 0 Å². The second-order valence-corrected chi connectivity index (χ2v) is 6.47. The van der Waals surface area contributed by atoms with Crippen LogP contribution in [0.2, 0.25) is 0 Å². The summed E-state index contributed by atoms with van der Waals surface area (Å²) in [6.45, 7) is 0.570. The van der Waals surface area contributed by atoms with Gasteiger partial charge in [0.15, 0.2) is 11.5 Å². The number of nitrogens with zero attached hydrogens (tertiary/aromatic N) is 1. The van der Waals surface area contributed by atoms with E-state index in [0.29, 0.717) is 29.4 Å². The molecule has 6 nitrogen and oxygen atoms in total. The predicted molar refractivity (Wildman–Crippen MR) is 110 cm³/mol. The summed E-state index contributed by atoms with van der Waals surface area (Å²) in [6.07, 6.45) is 5.30. The number of carbonyl (C=O) groups excluding carboxylic acids is 1. The summed E-state index contributed by atoms with van der Waals surface area (Å²) >= 11 is 0. The fourth-order valence-corrected chi connectivity index (χ4v) is 2.97. The first-order valence-electron chi connectivity index (χ1n) is 9.16. The molecule has 29 heavy (non-hydrogen) atoms. The van der Waals surface area contributed by atoms with E-state index in [4.69, 9.17) is 14.2 Å². The summed E-state index contributed by atoms with van der Waals surface area (Å²) in [7, 11) is 1.58. The van der Waals surface area contributed by atoms with Crippen molar-refractivity contribution < 1.29 is 19.0 Å². The highest BCUT2D eigenvalue weighted by atomic mass is 16.5. The van der Waals surface area contributed by atoms with Crippen molar-refractivity contribution in [3.05, 3.63) is 83.7 Å². The van der Waals surface area contributed by atoms with Crippen LogP contribution in [-0.2, 0) is 11.4 Å². The number of anilines is 1. The maximum absolute atomic E-state index is 12.7. The number of rotatable bonds is 6. The molecule has 3 aromatic rings. The maximum atomic E-state index is 12.7. The van der Waals surface area contributed by atoms with Crippen LogP contribution in [0.3, 0.4) is 0 Å². The van der Waals surface area contributed by atoms with Crippen molar-refractivity contribution in [3.8, 4) is 17.2 Å². The second-order valence-electron chi connectivity index (χ2n) is 6.47.